The SMILES string of the molecule is CCNC(=O)c1cc(Cl)ccc1NC(=O)C(C)C(C)N.Cl. The van der Waals surface area contributed by atoms with Crippen molar-refractivity contribution in [2.75, 3.05) is 11.9 Å². The van der Waals surface area contributed by atoms with Crippen LogP contribution in [0.5, 0.6) is 0 Å². The van der Waals surface area contributed by atoms with Crippen LogP contribution in [0.3, 0.4) is 0 Å². The molecule has 1 aromatic rings. The van der Waals surface area contributed by atoms with Crippen molar-refractivity contribution >= 4 is 41.5 Å². The van der Waals surface area contributed by atoms with Gasteiger partial charge in [0.1, 0.15) is 0 Å². The van der Waals surface area contributed by atoms with Crippen molar-refractivity contribution in [2.24, 2.45) is 11.7 Å². The van der Waals surface area contributed by atoms with Crippen molar-refractivity contribution in [2.45, 2.75) is 26.8 Å². The maximum absolute atomic E-state index is 12.0. The molecule has 2 amide bonds. The van der Waals surface area contributed by atoms with E-state index in [1.165, 1.54) is 6.07 Å². The van der Waals surface area contributed by atoms with Gasteiger partial charge in [-0.15, -0.1) is 12.4 Å². The molecule has 0 aliphatic rings. The molecule has 1 aromatic carbocycles. The first kappa shape index (κ1) is 19.7. The van der Waals surface area contributed by atoms with Crippen molar-refractivity contribution in [1.82, 2.24) is 5.32 Å². The normalized spacial score (nSPS) is 12.8. The van der Waals surface area contributed by atoms with E-state index < -0.39 is 0 Å². The van der Waals surface area contributed by atoms with Crippen LogP contribution in [-0.4, -0.2) is 24.4 Å². The minimum atomic E-state index is -0.354. The van der Waals surface area contributed by atoms with E-state index >= 15 is 0 Å². The highest BCUT2D eigenvalue weighted by atomic mass is 35.5. The second-order valence-corrected chi connectivity index (χ2v) is 5.12. The summed E-state index contributed by atoms with van der Waals surface area (Å²) in [4.78, 5) is 24.0. The number of nitrogens with two attached hydrogens (primary N) is 1. The number of rotatable bonds is 5. The summed E-state index contributed by atoms with van der Waals surface area (Å²) in [5.41, 5.74) is 6.47. The second-order valence-electron chi connectivity index (χ2n) is 4.69. The number of amides is 2. The number of nitrogens with one attached hydrogen (secondary N) is 2. The molecule has 0 heterocycles. The number of halogens is 2. The smallest absolute Gasteiger partial charge is 0.253 e. The third-order valence-electron chi connectivity index (χ3n) is 3.02. The predicted molar refractivity (Wildman–Crippen MR) is 88.2 cm³/mol. The number of hydrogen-bond acceptors (Lipinski definition) is 3. The molecule has 5 nitrogen and oxygen atoms in total. The monoisotopic (exact) mass is 333 g/mol. The molecule has 7 heteroatoms. The lowest BCUT2D eigenvalue weighted by Crippen LogP contribution is -2.35. The summed E-state index contributed by atoms with van der Waals surface area (Å²) in [6, 6.07) is 4.49. The maximum atomic E-state index is 12.0. The topological polar surface area (TPSA) is 84.2 Å². The van der Waals surface area contributed by atoms with Crippen LogP contribution < -0.4 is 16.4 Å². The number of hydrogen-bond donors (Lipinski definition) is 3. The lowest BCUT2D eigenvalue weighted by molar-refractivity contribution is -0.119. The van der Waals surface area contributed by atoms with Crippen molar-refractivity contribution in [3.63, 3.8) is 0 Å². The van der Waals surface area contributed by atoms with Crippen LogP contribution in [0.2, 0.25) is 5.02 Å². The Balaban J connectivity index is 0.00000400. The standard InChI is InChI=1S/C14H20ClN3O2.ClH/c1-4-17-14(20)11-7-10(15)5-6-12(11)18-13(19)8(2)9(3)16;/h5-9H,4,16H2,1-3H3,(H,17,20)(H,18,19);1H. The second kappa shape index (κ2) is 8.87. The van der Waals surface area contributed by atoms with E-state index in [0.717, 1.165) is 0 Å². The van der Waals surface area contributed by atoms with Crippen LogP contribution in [0.1, 0.15) is 31.1 Å². The van der Waals surface area contributed by atoms with Gasteiger partial charge in [-0.1, -0.05) is 18.5 Å². The van der Waals surface area contributed by atoms with E-state index in [4.69, 9.17) is 17.3 Å². The van der Waals surface area contributed by atoms with Crippen molar-refractivity contribution in [3.8, 4) is 0 Å². The Kier molecular flexibility index (Phi) is 8.32. The van der Waals surface area contributed by atoms with Gasteiger partial charge in [-0.05, 0) is 32.0 Å². The Morgan fingerprint density at radius 3 is 2.48 bits per heavy atom. The summed E-state index contributed by atoms with van der Waals surface area (Å²) < 4.78 is 0. The first-order valence-electron chi connectivity index (χ1n) is 6.51. The average Bonchev–Trinajstić information content (AvgIpc) is 2.39. The van der Waals surface area contributed by atoms with Gasteiger partial charge in [0.2, 0.25) is 5.91 Å². The quantitative estimate of drug-likeness (QED) is 0.773. The van der Waals surface area contributed by atoms with Gasteiger partial charge < -0.3 is 16.4 Å². The molecule has 0 aliphatic heterocycles. The zero-order valence-electron chi connectivity index (χ0n) is 12.3. The van der Waals surface area contributed by atoms with Crippen molar-refractivity contribution in [1.29, 1.82) is 0 Å². The Morgan fingerprint density at radius 2 is 1.95 bits per heavy atom. The molecule has 0 fully saturated rings. The number of anilines is 1. The predicted octanol–water partition coefficient (Wildman–Crippen LogP) is 2.43. The highest BCUT2D eigenvalue weighted by Gasteiger charge is 2.19. The molecular formula is C14H21Cl2N3O2. The first-order valence-corrected chi connectivity index (χ1v) is 6.88. The van der Waals surface area contributed by atoms with Crippen molar-refractivity contribution < 1.29 is 9.59 Å². The molecule has 1 rings (SSSR count). The van der Waals surface area contributed by atoms with Crippen LogP contribution >= 0.6 is 24.0 Å². The fourth-order valence-electron chi connectivity index (χ4n) is 1.55. The van der Waals surface area contributed by atoms with Crippen LogP contribution in [-0.2, 0) is 4.79 Å². The molecule has 0 aromatic heterocycles. The van der Waals surface area contributed by atoms with Crippen LogP contribution in [0, 0.1) is 5.92 Å². The summed E-state index contributed by atoms with van der Waals surface area (Å²) in [6.07, 6.45) is 0. The molecule has 2 unspecified atom stereocenters. The minimum absolute atomic E-state index is 0. The van der Waals surface area contributed by atoms with Gasteiger partial charge in [0, 0.05) is 17.6 Å². The Morgan fingerprint density at radius 1 is 1.33 bits per heavy atom. The number of benzene rings is 1. The molecule has 118 valence electrons. The summed E-state index contributed by atoms with van der Waals surface area (Å²) in [5.74, 6) is -0.862. The number of carbonyl (C=O) groups is 2. The van der Waals surface area contributed by atoms with E-state index in [2.05, 4.69) is 10.6 Å². The van der Waals surface area contributed by atoms with Gasteiger partial charge in [0.05, 0.1) is 17.2 Å². The average molecular weight is 334 g/mol. The van der Waals surface area contributed by atoms with Crippen LogP contribution in [0.15, 0.2) is 18.2 Å². The van der Waals surface area contributed by atoms with E-state index in [-0.39, 0.29) is 36.2 Å². The third kappa shape index (κ3) is 5.53. The minimum Gasteiger partial charge on any atom is -0.352 e. The largest absolute Gasteiger partial charge is 0.352 e. The molecule has 21 heavy (non-hydrogen) atoms. The van der Waals surface area contributed by atoms with Crippen LogP contribution in [0.4, 0.5) is 5.69 Å². The Bertz CT molecular complexity index is 507. The summed E-state index contributed by atoms with van der Waals surface area (Å²) in [7, 11) is 0. The summed E-state index contributed by atoms with van der Waals surface area (Å²) in [6.45, 7) is 5.81. The molecule has 0 aliphatic carbocycles. The van der Waals surface area contributed by atoms with Gasteiger partial charge >= 0.3 is 0 Å². The maximum Gasteiger partial charge on any atom is 0.253 e. The highest BCUT2D eigenvalue weighted by Crippen LogP contribution is 2.21. The highest BCUT2D eigenvalue weighted by molar-refractivity contribution is 6.31. The number of carbonyl (C=O) groups excluding carboxylic acids is 2. The molecular weight excluding hydrogens is 313 g/mol. The fraction of sp³-hybridized carbons (Fsp3) is 0.429. The van der Waals surface area contributed by atoms with Gasteiger partial charge in [-0.3, -0.25) is 9.59 Å². The third-order valence-corrected chi connectivity index (χ3v) is 3.26. The van der Waals surface area contributed by atoms with Crippen molar-refractivity contribution in [3.05, 3.63) is 28.8 Å². The molecule has 0 spiro atoms. The molecule has 0 saturated carbocycles. The summed E-state index contributed by atoms with van der Waals surface area (Å²) in [5, 5.41) is 5.84. The zero-order chi connectivity index (χ0) is 15.3. The van der Waals surface area contributed by atoms with Gasteiger partial charge in [-0.2, -0.15) is 0 Å². The molecule has 0 radical (unpaired) electrons. The first-order chi connectivity index (χ1) is 9.36. The van der Waals surface area contributed by atoms with Gasteiger partial charge in [-0.25, -0.2) is 0 Å². The van der Waals surface area contributed by atoms with Gasteiger partial charge in [0.15, 0.2) is 0 Å². The molecule has 2 atom stereocenters. The van der Waals surface area contributed by atoms with E-state index in [1.807, 2.05) is 6.92 Å². The lowest BCUT2D eigenvalue weighted by Gasteiger charge is -2.17. The van der Waals surface area contributed by atoms with Crippen LogP contribution in [0.25, 0.3) is 0 Å². The van der Waals surface area contributed by atoms with E-state index in [1.54, 1.807) is 26.0 Å². The molecule has 4 N–H and O–H groups in total. The Hall–Kier alpha value is -1.30. The lowest BCUT2D eigenvalue weighted by atomic mass is 10.0. The Labute approximate surface area is 136 Å². The molecule has 0 bridgehead atoms. The van der Waals surface area contributed by atoms with E-state index in [9.17, 15) is 9.59 Å². The van der Waals surface area contributed by atoms with Gasteiger partial charge in [0.25, 0.3) is 5.91 Å². The summed E-state index contributed by atoms with van der Waals surface area (Å²) >= 11 is 5.90. The zero-order valence-corrected chi connectivity index (χ0v) is 13.8. The van der Waals surface area contributed by atoms with E-state index in [0.29, 0.717) is 22.8 Å². The molecule has 0 saturated heterocycles. The fourth-order valence-corrected chi connectivity index (χ4v) is 1.73.